The summed E-state index contributed by atoms with van der Waals surface area (Å²) in [6.45, 7) is 9.07. The number of amides is 1. The summed E-state index contributed by atoms with van der Waals surface area (Å²) in [7, 11) is -2.24. The summed E-state index contributed by atoms with van der Waals surface area (Å²) in [6, 6.07) is -0.904. The van der Waals surface area contributed by atoms with E-state index in [1.165, 1.54) is 25.7 Å². The van der Waals surface area contributed by atoms with Crippen LogP contribution in [-0.2, 0) is 14.8 Å². The van der Waals surface area contributed by atoms with E-state index in [1.807, 2.05) is 13.8 Å². The standard InChI is InChI=1S/C15H28N4O4S/c1-9(2)13(16)7-8-19(6)15(20)11(4)18-24(21,22)14-10(3)17-23-12(14)5/h9,11,13,18H,7-8,16H2,1-6H3. The maximum Gasteiger partial charge on any atom is 0.246 e. The fourth-order valence-electron chi connectivity index (χ4n) is 2.32. The van der Waals surface area contributed by atoms with Gasteiger partial charge in [0.1, 0.15) is 10.6 Å². The van der Waals surface area contributed by atoms with Crippen LogP contribution < -0.4 is 10.5 Å². The van der Waals surface area contributed by atoms with Gasteiger partial charge in [-0.05, 0) is 33.1 Å². The Morgan fingerprint density at radius 3 is 2.38 bits per heavy atom. The molecular formula is C15H28N4O4S. The smallest absolute Gasteiger partial charge is 0.246 e. The van der Waals surface area contributed by atoms with Gasteiger partial charge >= 0.3 is 0 Å². The molecule has 0 aromatic carbocycles. The number of nitrogens with two attached hydrogens (primary N) is 1. The van der Waals surface area contributed by atoms with Crippen LogP contribution in [0.3, 0.4) is 0 Å². The molecule has 0 fully saturated rings. The minimum atomic E-state index is -3.88. The second-order valence-corrected chi connectivity index (χ2v) is 8.10. The molecule has 0 aliphatic heterocycles. The van der Waals surface area contributed by atoms with Gasteiger partial charge in [0.05, 0.1) is 6.04 Å². The van der Waals surface area contributed by atoms with E-state index in [-0.39, 0.29) is 28.3 Å². The van der Waals surface area contributed by atoms with Gasteiger partial charge in [0.25, 0.3) is 0 Å². The van der Waals surface area contributed by atoms with Crippen molar-refractivity contribution in [3.05, 3.63) is 11.5 Å². The number of nitrogens with zero attached hydrogens (tertiary/aromatic N) is 2. The minimum absolute atomic E-state index is 0.00504. The van der Waals surface area contributed by atoms with E-state index in [1.54, 1.807) is 7.05 Å². The highest BCUT2D eigenvalue weighted by atomic mass is 32.2. The molecule has 9 heteroatoms. The summed E-state index contributed by atoms with van der Waals surface area (Å²) >= 11 is 0. The van der Waals surface area contributed by atoms with Crippen molar-refractivity contribution in [1.82, 2.24) is 14.8 Å². The zero-order valence-electron chi connectivity index (χ0n) is 15.2. The van der Waals surface area contributed by atoms with Crippen molar-refractivity contribution in [2.75, 3.05) is 13.6 Å². The van der Waals surface area contributed by atoms with Gasteiger partial charge in [-0.3, -0.25) is 4.79 Å². The van der Waals surface area contributed by atoms with Crippen LogP contribution in [-0.4, -0.2) is 50.1 Å². The average molecular weight is 360 g/mol. The number of carbonyl (C=O) groups is 1. The highest BCUT2D eigenvalue weighted by Gasteiger charge is 2.29. The molecule has 0 saturated carbocycles. The van der Waals surface area contributed by atoms with Gasteiger partial charge in [0, 0.05) is 19.6 Å². The summed E-state index contributed by atoms with van der Waals surface area (Å²) in [5.41, 5.74) is 6.23. The number of aromatic nitrogens is 1. The second kappa shape index (κ2) is 8.09. The zero-order valence-corrected chi connectivity index (χ0v) is 16.0. The zero-order chi connectivity index (χ0) is 18.7. The number of carbonyl (C=O) groups excluding carboxylic acids is 1. The van der Waals surface area contributed by atoms with Crippen LogP contribution in [0.5, 0.6) is 0 Å². The van der Waals surface area contributed by atoms with Crippen molar-refractivity contribution in [3.63, 3.8) is 0 Å². The maximum absolute atomic E-state index is 12.4. The molecule has 0 spiro atoms. The molecule has 8 nitrogen and oxygen atoms in total. The first-order valence-electron chi connectivity index (χ1n) is 7.93. The largest absolute Gasteiger partial charge is 0.360 e. The fraction of sp³-hybridized carbons (Fsp3) is 0.733. The Balaban J connectivity index is 2.73. The number of hydrogen-bond donors (Lipinski definition) is 2. The van der Waals surface area contributed by atoms with E-state index in [2.05, 4.69) is 9.88 Å². The molecule has 2 atom stereocenters. The third kappa shape index (κ3) is 5.02. The Morgan fingerprint density at radius 1 is 1.33 bits per heavy atom. The molecule has 138 valence electrons. The van der Waals surface area contributed by atoms with Gasteiger partial charge < -0.3 is 15.2 Å². The van der Waals surface area contributed by atoms with Crippen molar-refractivity contribution < 1.29 is 17.7 Å². The van der Waals surface area contributed by atoms with Crippen LogP contribution in [0.2, 0.25) is 0 Å². The van der Waals surface area contributed by atoms with Gasteiger partial charge in [-0.2, -0.15) is 4.72 Å². The highest BCUT2D eigenvalue weighted by molar-refractivity contribution is 7.89. The Hall–Kier alpha value is -1.45. The number of hydrogen-bond acceptors (Lipinski definition) is 6. The Bertz CT molecular complexity index is 650. The first kappa shape index (κ1) is 20.6. The number of likely N-dealkylation sites (N-methyl/N-ethyl adjacent to an activating group) is 1. The lowest BCUT2D eigenvalue weighted by Gasteiger charge is -2.24. The van der Waals surface area contributed by atoms with Crippen LogP contribution in [0.15, 0.2) is 9.42 Å². The van der Waals surface area contributed by atoms with E-state index < -0.39 is 16.1 Å². The molecule has 0 aliphatic carbocycles. The summed E-state index contributed by atoms with van der Waals surface area (Å²) in [6.07, 6.45) is 0.656. The number of nitrogens with one attached hydrogen (secondary N) is 1. The molecule has 0 radical (unpaired) electrons. The van der Waals surface area contributed by atoms with Gasteiger partial charge in [0.15, 0.2) is 5.76 Å². The third-order valence-electron chi connectivity index (χ3n) is 3.97. The van der Waals surface area contributed by atoms with Crippen LogP contribution in [0.4, 0.5) is 0 Å². The Kier molecular flexibility index (Phi) is 6.94. The lowest BCUT2D eigenvalue weighted by molar-refractivity contribution is -0.131. The van der Waals surface area contributed by atoms with Gasteiger partial charge in [-0.15, -0.1) is 0 Å². The van der Waals surface area contributed by atoms with Crippen molar-refractivity contribution in [1.29, 1.82) is 0 Å². The lowest BCUT2D eigenvalue weighted by atomic mass is 10.0. The Labute approximate surface area is 143 Å². The predicted octanol–water partition coefficient (Wildman–Crippen LogP) is 0.790. The SMILES string of the molecule is Cc1noc(C)c1S(=O)(=O)NC(C)C(=O)N(C)CCC(N)C(C)C. The number of rotatable bonds is 8. The minimum Gasteiger partial charge on any atom is -0.360 e. The van der Waals surface area contributed by atoms with E-state index >= 15 is 0 Å². The van der Waals surface area contributed by atoms with Gasteiger partial charge in [-0.1, -0.05) is 19.0 Å². The first-order valence-corrected chi connectivity index (χ1v) is 9.41. The molecule has 24 heavy (non-hydrogen) atoms. The van der Waals surface area contributed by atoms with E-state index in [9.17, 15) is 13.2 Å². The van der Waals surface area contributed by atoms with Crippen molar-refractivity contribution in [2.24, 2.45) is 11.7 Å². The van der Waals surface area contributed by atoms with Crippen LogP contribution in [0, 0.1) is 19.8 Å². The fourth-order valence-corrected chi connectivity index (χ4v) is 3.84. The predicted molar refractivity (Wildman–Crippen MR) is 90.8 cm³/mol. The number of aryl methyl sites for hydroxylation is 2. The lowest BCUT2D eigenvalue weighted by Crippen LogP contribution is -2.46. The van der Waals surface area contributed by atoms with E-state index in [4.69, 9.17) is 10.3 Å². The molecule has 1 amide bonds. The van der Waals surface area contributed by atoms with E-state index in [0.717, 1.165) is 0 Å². The van der Waals surface area contributed by atoms with Crippen molar-refractivity contribution in [3.8, 4) is 0 Å². The number of sulfonamides is 1. The maximum atomic E-state index is 12.4. The Morgan fingerprint density at radius 2 is 1.92 bits per heavy atom. The van der Waals surface area contributed by atoms with Gasteiger partial charge in [-0.25, -0.2) is 8.42 Å². The quantitative estimate of drug-likeness (QED) is 0.707. The van der Waals surface area contributed by atoms with Crippen LogP contribution in [0.1, 0.15) is 38.6 Å². The van der Waals surface area contributed by atoms with Gasteiger partial charge in [0.2, 0.25) is 15.9 Å². The summed E-state index contributed by atoms with van der Waals surface area (Å²) in [4.78, 5) is 13.8. The molecule has 0 saturated heterocycles. The molecule has 0 aliphatic rings. The second-order valence-electron chi connectivity index (χ2n) is 6.45. The average Bonchev–Trinajstić information content (AvgIpc) is 2.82. The summed E-state index contributed by atoms with van der Waals surface area (Å²) < 4.78 is 32.1. The van der Waals surface area contributed by atoms with Crippen molar-refractivity contribution in [2.45, 2.75) is 58.0 Å². The highest BCUT2D eigenvalue weighted by Crippen LogP contribution is 2.19. The molecular weight excluding hydrogens is 332 g/mol. The van der Waals surface area contributed by atoms with Crippen LogP contribution >= 0.6 is 0 Å². The summed E-state index contributed by atoms with van der Waals surface area (Å²) in [5, 5.41) is 3.63. The normalized spacial score (nSPS) is 14.7. The topological polar surface area (TPSA) is 119 Å². The molecule has 1 aromatic rings. The molecule has 1 rings (SSSR count). The van der Waals surface area contributed by atoms with Crippen molar-refractivity contribution >= 4 is 15.9 Å². The molecule has 2 unspecified atom stereocenters. The summed E-state index contributed by atoms with van der Waals surface area (Å²) in [5.74, 6) is 0.196. The monoisotopic (exact) mass is 360 g/mol. The first-order chi connectivity index (χ1) is 11.0. The molecule has 0 bridgehead atoms. The van der Waals surface area contributed by atoms with Crippen LogP contribution in [0.25, 0.3) is 0 Å². The molecule has 3 N–H and O–H groups in total. The molecule has 1 heterocycles. The molecule has 1 aromatic heterocycles. The van der Waals surface area contributed by atoms with E-state index in [0.29, 0.717) is 18.9 Å². The third-order valence-corrected chi connectivity index (χ3v) is 5.75.